The van der Waals surface area contributed by atoms with Crippen molar-refractivity contribution in [2.24, 2.45) is 0 Å². The van der Waals surface area contributed by atoms with Crippen LogP contribution < -0.4 is 9.64 Å². The smallest absolute Gasteiger partial charge is 0.246 e. The normalized spacial score (nSPS) is 15.1. The van der Waals surface area contributed by atoms with Crippen LogP contribution in [0, 0.1) is 6.92 Å². The van der Waals surface area contributed by atoms with Gasteiger partial charge in [0, 0.05) is 31.7 Å². The van der Waals surface area contributed by atoms with Crippen molar-refractivity contribution in [2.75, 3.05) is 38.2 Å². The Morgan fingerprint density at radius 1 is 0.968 bits per heavy atom. The second-order valence-electron chi connectivity index (χ2n) is 7.30. The zero-order valence-corrected chi connectivity index (χ0v) is 18.9. The Balaban J connectivity index is 1.48. The van der Waals surface area contributed by atoms with E-state index in [1.807, 2.05) is 54.3 Å². The number of sulfonamides is 1. The van der Waals surface area contributed by atoms with Crippen LogP contribution in [0.3, 0.4) is 0 Å². The first-order chi connectivity index (χ1) is 14.9. The Bertz CT molecular complexity index is 1180. The molecule has 2 aromatic carbocycles. The highest BCUT2D eigenvalue weighted by Crippen LogP contribution is 2.29. The highest BCUT2D eigenvalue weighted by atomic mass is 35.5. The molecule has 1 aromatic heterocycles. The number of ether oxygens (including phenoxy) is 1. The molecule has 7 nitrogen and oxygen atoms in total. The van der Waals surface area contributed by atoms with Crippen molar-refractivity contribution < 1.29 is 13.2 Å². The fourth-order valence-electron chi connectivity index (χ4n) is 3.59. The van der Waals surface area contributed by atoms with Crippen LogP contribution >= 0.6 is 11.6 Å². The van der Waals surface area contributed by atoms with E-state index in [1.54, 1.807) is 12.1 Å². The van der Waals surface area contributed by atoms with Gasteiger partial charge in [-0.3, -0.25) is 0 Å². The molecule has 31 heavy (non-hydrogen) atoms. The lowest BCUT2D eigenvalue weighted by molar-refractivity contribution is 0.373. The van der Waals surface area contributed by atoms with E-state index in [9.17, 15) is 8.42 Å². The van der Waals surface area contributed by atoms with Crippen molar-refractivity contribution in [3.8, 4) is 17.0 Å². The average Bonchev–Trinajstić information content (AvgIpc) is 2.79. The monoisotopic (exact) mass is 458 g/mol. The number of anilines is 1. The number of hydrogen-bond acceptors (Lipinski definition) is 6. The number of aryl methyl sites for hydroxylation is 1. The molecule has 0 N–H and O–H groups in total. The molecule has 0 atom stereocenters. The summed E-state index contributed by atoms with van der Waals surface area (Å²) in [6.07, 6.45) is 0. The number of methoxy groups -OCH3 is 1. The summed E-state index contributed by atoms with van der Waals surface area (Å²) in [5.74, 6) is 1.06. The molecule has 9 heteroatoms. The van der Waals surface area contributed by atoms with Gasteiger partial charge in [-0.15, -0.1) is 10.2 Å². The highest BCUT2D eigenvalue weighted by molar-refractivity contribution is 7.89. The number of benzene rings is 2. The van der Waals surface area contributed by atoms with Crippen molar-refractivity contribution in [1.82, 2.24) is 14.5 Å². The lowest BCUT2D eigenvalue weighted by Crippen LogP contribution is -2.49. The third-order valence-corrected chi connectivity index (χ3v) is 7.55. The van der Waals surface area contributed by atoms with Gasteiger partial charge in [-0.05, 0) is 42.8 Å². The lowest BCUT2D eigenvalue weighted by atomic mass is 10.1. The summed E-state index contributed by atoms with van der Waals surface area (Å²) in [5.41, 5.74) is 2.39. The van der Waals surface area contributed by atoms with Gasteiger partial charge in [0.25, 0.3) is 0 Å². The molecule has 0 amide bonds. The van der Waals surface area contributed by atoms with Crippen molar-refractivity contribution in [1.29, 1.82) is 0 Å². The topological polar surface area (TPSA) is 75.6 Å². The molecule has 0 bridgehead atoms. The van der Waals surface area contributed by atoms with Crippen LogP contribution in [0.5, 0.6) is 5.75 Å². The standard InChI is InChI=1S/C22H23ClN4O3S/c1-16-7-9-20(30-2)21(15-16)31(28,29)27-13-11-26(12-14-27)22-10-8-19(24-25-22)17-5-3-4-6-18(17)23/h3-10,15H,11-14H2,1-2H3. The molecule has 0 saturated carbocycles. The fourth-order valence-corrected chi connectivity index (χ4v) is 5.48. The van der Waals surface area contributed by atoms with Gasteiger partial charge in [-0.2, -0.15) is 4.31 Å². The van der Waals surface area contributed by atoms with E-state index in [2.05, 4.69) is 10.2 Å². The number of rotatable bonds is 5. The minimum absolute atomic E-state index is 0.201. The molecule has 0 unspecified atom stereocenters. The number of halogens is 1. The quantitative estimate of drug-likeness (QED) is 0.581. The molecule has 1 aliphatic heterocycles. The van der Waals surface area contributed by atoms with Crippen molar-refractivity contribution in [3.05, 3.63) is 65.2 Å². The van der Waals surface area contributed by atoms with Crippen molar-refractivity contribution in [2.45, 2.75) is 11.8 Å². The molecule has 4 rings (SSSR count). The van der Waals surface area contributed by atoms with E-state index in [-0.39, 0.29) is 4.90 Å². The molecule has 1 fully saturated rings. The fraction of sp³-hybridized carbons (Fsp3) is 0.273. The van der Waals surface area contributed by atoms with Gasteiger partial charge >= 0.3 is 0 Å². The Morgan fingerprint density at radius 2 is 1.71 bits per heavy atom. The first kappa shape index (κ1) is 21.5. The second kappa shape index (κ2) is 8.82. The molecule has 3 aromatic rings. The zero-order chi connectivity index (χ0) is 22.0. The highest BCUT2D eigenvalue weighted by Gasteiger charge is 2.31. The van der Waals surface area contributed by atoms with Crippen LogP contribution in [-0.2, 0) is 10.0 Å². The largest absolute Gasteiger partial charge is 0.495 e. The maximum Gasteiger partial charge on any atom is 0.246 e. The molecule has 0 spiro atoms. The SMILES string of the molecule is COc1ccc(C)cc1S(=O)(=O)N1CCN(c2ccc(-c3ccccc3Cl)nn2)CC1. The van der Waals surface area contributed by atoms with Crippen molar-refractivity contribution >= 4 is 27.4 Å². The predicted octanol–water partition coefficient (Wildman–Crippen LogP) is 3.62. The van der Waals surface area contributed by atoms with Crippen molar-refractivity contribution in [3.63, 3.8) is 0 Å². The van der Waals surface area contributed by atoms with Gasteiger partial charge in [0.15, 0.2) is 5.82 Å². The average molecular weight is 459 g/mol. The van der Waals surface area contributed by atoms with Gasteiger partial charge in [-0.25, -0.2) is 8.42 Å². The minimum atomic E-state index is -3.65. The summed E-state index contributed by atoms with van der Waals surface area (Å²) in [7, 11) is -2.17. The molecule has 1 saturated heterocycles. The number of aromatic nitrogens is 2. The van der Waals surface area contributed by atoms with Crippen LogP contribution in [0.2, 0.25) is 5.02 Å². The molecule has 0 radical (unpaired) electrons. The predicted molar refractivity (Wildman–Crippen MR) is 121 cm³/mol. The van der Waals surface area contributed by atoms with Crippen LogP contribution in [0.15, 0.2) is 59.5 Å². The molecule has 1 aliphatic rings. The van der Waals surface area contributed by atoms with Gasteiger partial charge in [0.2, 0.25) is 10.0 Å². The third kappa shape index (κ3) is 4.37. The lowest BCUT2D eigenvalue weighted by Gasteiger charge is -2.34. The molecule has 2 heterocycles. The number of hydrogen-bond donors (Lipinski definition) is 0. The van der Waals surface area contributed by atoms with Gasteiger partial charge in [0.1, 0.15) is 10.6 Å². The van der Waals surface area contributed by atoms with E-state index in [4.69, 9.17) is 16.3 Å². The number of nitrogens with zero attached hydrogens (tertiary/aromatic N) is 4. The zero-order valence-electron chi connectivity index (χ0n) is 17.3. The first-order valence-corrected chi connectivity index (χ1v) is 11.7. The van der Waals surface area contributed by atoms with Gasteiger partial charge in [0.05, 0.1) is 17.8 Å². The molecular weight excluding hydrogens is 436 g/mol. The first-order valence-electron chi connectivity index (χ1n) is 9.88. The molecule has 0 aliphatic carbocycles. The van der Waals surface area contributed by atoms with Gasteiger partial charge < -0.3 is 9.64 Å². The maximum atomic E-state index is 13.2. The molecule has 162 valence electrons. The maximum absolute atomic E-state index is 13.2. The summed E-state index contributed by atoms with van der Waals surface area (Å²) in [6.45, 7) is 3.61. The Hall–Kier alpha value is -2.68. The summed E-state index contributed by atoms with van der Waals surface area (Å²) < 4.78 is 33.1. The minimum Gasteiger partial charge on any atom is -0.495 e. The Labute approximate surface area is 187 Å². The van der Waals surface area contributed by atoms with Crippen LogP contribution in [0.4, 0.5) is 5.82 Å². The van der Waals surface area contributed by atoms with Crippen LogP contribution in [-0.4, -0.2) is 56.2 Å². The van der Waals surface area contributed by atoms with Gasteiger partial charge in [-0.1, -0.05) is 35.9 Å². The number of piperazine rings is 1. The summed E-state index contributed by atoms with van der Waals surface area (Å²) >= 11 is 6.24. The van der Waals surface area contributed by atoms with E-state index < -0.39 is 10.0 Å². The third-order valence-electron chi connectivity index (χ3n) is 5.30. The summed E-state index contributed by atoms with van der Waals surface area (Å²) in [4.78, 5) is 2.23. The second-order valence-corrected chi connectivity index (χ2v) is 9.62. The molecular formula is C22H23ClN4O3S. The summed E-state index contributed by atoms with van der Waals surface area (Å²) in [5, 5.41) is 9.26. The summed E-state index contributed by atoms with van der Waals surface area (Å²) in [6, 6.07) is 16.4. The van der Waals surface area contributed by atoms with Crippen LogP contribution in [0.25, 0.3) is 11.3 Å². The Morgan fingerprint density at radius 3 is 2.35 bits per heavy atom. The Kier molecular flexibility index (Phi) is 6.13. The van der Waals surface area contributed by atoms with E-state index >= 15 is 0 Å². The van der Waals surface area contributed by atoms with E-state index in [1.165, 1.54) is 11.4 Å². The van der Waals surface area contributed by atoms with E-state index in [0.717, 1.165) is 11.1 Å². The van der Waals surface area contributed by atoms with Crippen LogP contribution in [0.1, 0.15) is 5.56 Å². The van der Waals surface area contributed by atoms with E-state index in [0.29, 0.717) is 48.5 Å².